The van der Waals surface area contributed by atoms with Gasteiger partial charge in [-0.05, 0) is 6.42 Å². The molecular formula is C14H18N2O7. The number of unbranched alkanes of at least 4 members (excludes halogenated alkanes) is 1. The van der Waals surface area contributed by atoms with E-state index in [2.05, 4.69) is 4.98 Å². The molecule has 126 valence electrons. The summed E-state index contributed by atoms with van der Waals surface area (Å²) in [5, 5.41) is 10.5. The molecule has 1 aromatic heterocycles. The van der Waals surface area contributed by atoms with Gasteiger partial charge in [0.15, 0.2) is 5.75 Å². The molecule has 0 fully saturated rings. The SMILES string of the molecule is CCCCOC(=O)c1cnc(OC(=O)NCC(=O)O)c(OC)c1. The van der Waals surface area contributed by atoms with E-state index in [-0.39, 0.29) is 17.2 Å². The lowest BCUT2D eigenvalue weighted by Crippen LogP contribution is -2.32. The minimum Gasteiger partial charge on any atom is -0.491 e. The number of nitrogens with one attached hydrogen (secondary N) is 1. The van der Waals surface area contributed by atoms with Crippen molar-refractivity contribution in [2.45, 2.75) is 19.8 Å². The number of aliphatic carboxylic acids is 1. The van der Waals surface area contributed by atoms with Crippen LogP contribution in [0.15, 0.2) is 12.3 Å². The Morgan fingerprint density at radius 1 is 1.35 bits per heavy atom. The molecule has 0 spiro atoms. The van der Waals surface area contributed by atoms with Crippen LogP contribution in [0.1, 0.15) is 30.1 Å². The average molecular weight is 326 g/mol. The molecule has 1 heterocycles. The highest BCUT2D eigenvalue weighted by Crippen LogP contribution is 2.25. The standard InChI is InChI=1S/C14H18N2O7/c1-3-4-5-22-13(19)9-6-10(21-2)12(15-7-9)23-14(20)16-8-11(17)18/h6-7H,3-5,8H2,1-2H3,(H,16,20)(H,17,18). The van der Waals surface area contributed by atoms with Crippen LogP contribution in [0.2, 0.25) is 0 Å². The number of hydrogen-bond acceptors (Lipinski definition) is 7. The van der Waals surface area contributed by atoms with Crippen molar-refractivity contribution in [1.29, 1.82) is 0 Å². The molecule has 0 unspecified atom stereocenters. The van der Waals surface area contributed by atoms with Gasteiger partial charge in [-0.2, -0.15) is 0 Å². The fraction of sp³-hybridized carbons (Fsp3) is 0.429. The van der Waals surface area contributed by atoms with E-state index in [0.717, 1.165) is 12.8 Å². The summed E-state index contributed by atoms with van der Waals surface area (Å²) >= 11 is 0. The number of carbonyl (C=O) groups is 3. The second kappa shape index (κ2) is 9.23. The average Bonchev–Trinajstić information content (AvgIpc) is 2.53. The molecule has 1 rings (SSSR count). The summed E-state index contributed by atoms with van der Waals surface area (Å²) in [7, 11) is 1.31. The predicted octanol–water partition coefficient (Wildman–Crippen LogP) is 1.22. The highest BCUT2D eigenvalue weighted by molar-refractivity contribution is 5.89. The third-order valence-corrected chi connectivity index (χ3v) is 2.58. The van der Waals surface area contributed by atoms with Gasteiger partial charge in [-0.15, -0.1) is 0 Å². The molecule has 23 heavy (non-hydrogen) atoms. The first-order chi connectivity index (χ1) is 11.0. The molecule has 0 aliphatic rings. The fourth-order valence-electron chi connectivity index (χ4n) is 1.43. The number of carboxylic acids is 1. The van der Waals surface area contributed by atoms with Crippen LogP contribution in [-0.4, -0.2) is 48.4 Å². The zero-order valence-corrected chi connectivity index (χ0v) is 12.8. The number of ether oxygens (including phenoxy) is 3. The van der Waals surface area contributed by atoms with Crippen LogP contribution in [0.4, 0.5) is 4.79 Å². The van der Waals surface area contributed by atoms with E-state index in [9.17, 15) is 14.4 Å². The summed E-state index contributed by atoms with van der Waals surface area (Å²) in [6, 6.07) is 1.32. The van der Waals surface area contributed by atoms with Gasteiger partial charge in [0.25, 0.3) is 5.88 Å². The number of carbonyl (C=O) groups excluding carboxylic acids is 2. The molecule has 0 saturated heterocycles. The Balaban J connectivity index is 2.74. The van der Waals surface area contributed by atoms with E-state index in [1.807, 2.05) is 12.2 Å². The van der Waals surface area contributed by atoms with Crippen LogP contribution >= 0.6 is 0 Å². The normalized spacial score (nSPS) is 9.83. The Morgan fingerprint density at radius 2 is 2.09 bits per heavy atom. The molecule has 9 nitrogen and oxygen atoms in total. The van der Waals surface area contributed by atoms with Crippen LogP contribution in [-0.2, 0) is 9.53 Å². The molecule has 0 radical (unpaired) electrons. The maximum atomic E-state index is 11.8. The minimum absolute atomic E-state index is 0.0421. The third-order valence-electron chi connectivity index (χ3n) is 2.58. The van der Waals surface area contributed by atoms with Gasteiger partial charge >= 0.3 is 18.0 Å². The Morgan fingerprint density at radius 3 is 2.70 bits per heavy atom. The summed E-state index contributed by atoms with van der Waals surface area (Å²) in [6.07, 6.45) is 1.82. The topological polar surface area (TPSA) is 124 Å². The largest absolute Gasteiger partial charge is 0.491 e. The van der Waals surface area contributed by atoms with Gasteiger partial charge in [0.05, 0.1) is 19.3 Å². The molecule has 2 N–H and O–H groups in total. The van der Waals surface area contributed by atoms with Gasteiger partial charge in [-0.3, -0.25) is 4.79 Å². The molecule has 0 bridgehead atoms. The second-order valence-electron chi connectivity index (χ2n) is 4.36. The van der Waals surface area contributed by atoms with Gasteiger partial charge in [0, 0.05) is 12.3 Å². The van der Waals surface area contributed by atoms with Gasteiger partial charge in [-0.25, -0.2) is 14.6 Å². The van der Waals surface area contributed by atoms with E-state index >= 15 is 0 Å². The molecule has 0 aromatic carbocycles. The van der Waals surface area contributed by atoms with Crippen LogP contribution in [0, 0.1) is 0 Å². The van der Waals surface area contributed by atoms with Crippen LogP contribution < -0.4 is 14.8 Å². The molecule has 1 amide bonds. The monoisotopic (exact) mass is 326 g/mol. The Labute approximate surface area is 132 Å². The summed E-state index contributed by atoms with van der Waals surface area (Å²) in [5.41, 5.74) is 0.149. The first kappa shape index (κ1) is 18.2. The van der Waals surface area contributed by atoms with Crippen molar-refractivity contribution in [2.24, 2.45) is 0 Å². The maximum absolute atomic E-state index is 11.8. The second-order valence-corrected chi connectivity index (χ2v) is 4.36. The summed E-state index contributed by atoms with van der Waals surface area (Å²) in [5.74, 6) is -1.93. The molecule has 9 heteroatoms. The van der Waals surface area contributed by atoms with Crippen molar-refractivity contribution in [2.75, 3.05) is 20.3 Å². The Hall–Kier alpha value is -2.84. The van der Waals surface area contributed by atoms with E-state index in [4.69, 9.17) is 19.3 Å². The quantitative estimate of drug-likeness (QED) is 0.540. The fourth-order valence-corrected chi connectivity index (χ4v) is 1.43. The van der Waals surface area contributed by atoms with E-state index < -0.39 is 24.6 Å². The van der Waals surface area contributed by atoms with Crippen LogP contribution in [0.5, 0.6) is 11.6 Å². The van der Waals surface area contributed by atoms with Gasteiger partial charge in [0.2, 0.25) is 0 Å². The number of amides is 1. The first-order valence-corrected chi connectivity index (χ1v) is 6.86. The molecular weight excluding hydrogens is 308 g/mol. The first-order valence-electron chi connectivity index (χ1n) is 6.86. The molecule has 0 aliphatic heterocycles. The zero-order chi connectivity index (χ0) is 17.2. The number of esters is 1. The highest BCUT2D eigenvalue weighted by Gasteiger charge is 2.16. The molecule has 0 atom stereocenters. The lowest BCUT2D eigenvalue weighted by molar-refractivity contribution is -0.135. The van der Waals surface area contributed by atoms with Crippen molar-refractivity contribution in [1.82, 2.24) is 10.3 Å². The number of nitrogens with zero attached hydrogens (tertiary/aromatic N) is 1. The number of aromatic nitrogens is 1. The minimum atomic E-state index is -1.22. The van der Waals surface area contributed by atoms with Crippen LogP contribution in [0.25, 0.3) is 0 Å². The molecule has 0 saturated carbocycles. The van der Waals surface area contributed by atoms with Crippen molar-refractivity contribution in [3.8, 4) is 11.6 Å². The lowest BCUT2D eigenvalue weighted by atomic mass is 10.2. The number of carboxylic acid groups (broad SMARTS) is 1. The van der Waals surface area contributed by atoms with Gasteiger partial charge < -0.3 is 24.6 Å². The van der Waals surface area contributed by atoms with Crippen LogP contribution in [0.3, 0.4) is 0 Å². The lowest BCUT2D eigenvalue weighted by Gasteiger charge is -2.10. The maximum Gasteiger partial charge on any atom is 0.414 e. The number of rotatable bonds is 8. The molecule has 0 aliphatic carbocycles. The van der Waals surface area contributed by atoms with Crippen molar-refractivity contribution in [3.05, 3.63) is 17.8 Å². The smallest absolute Gasteiger partial charge is 0.414 e. The zero-order valence-electron chi connectivity index (χ0n) is 12.8. The van der Waals surface area contributed by atoms with Crippen molar-refractivity contribution in [3.63, 3.8) is 0 Å². The Bertz CT molecular complexity index is 574. The number of hydrogen-bond donors (Lipinski definition) is 2. The predicted molar refractivity (Wildman–Crippen MR) is 77.6 cm³/mol. The van der Waals surface area contributed by atoms with Crippen molar-refractivity contribution >= 4 is 18.0 Å². The van der Waals surface area contributed by atoms with E-state index in [0.29, 0.717) is 6.61 Å². The summed E-state index contributed by atoms with van der Waals surface area (Å²) in [4.78, 5) is 37.3. The van der Waals surface area contributed by atoms with Gasteiger partial charge in [0.1, 0.15) is 6.54 Å². The van der Waals surface area contributed by atoms with Gasteiger partial charge in [-0.1, -0.05) is 13.3 Å². The number of pyridine rings is 1. The van der Waals surface area contributed by atoms with E-state index in [1.54, 1.807) is 0 Å². The third kappa shape index (κ3) is 6.20. The Kier molecular flexibility index (Phi) is 7.31. The highest BCUT2D eigenvalue weighted by atomic mass is 16.6. The summed E-state index contributed by atoms with van der Waals surface area (Å²) in [6.45, 7) is 1.68. The molecule has 1 aromatic rings. The summed E-state index contributed by atoms with van der Waals surface area (Å²) < 4.78 is 14.8. The van der Waals surface area contributed by atoms with Crippen molar-refractivity contribution < 1.29 is 33.7 Å². The van der Waals surface area contributed by atoms with E-state index in [1.165, 1.54) is 19.4 Å². The number of methoxy groups -OCH3 is 1.